The van der Waals surface area contributed by atoms with Crippen LogP contribution in [0.2, 0.25) is 0 Å². The van der Waals surface area contributed by atoms with E-state index in [1.54, 1.807) is 22.8 Å². The van der Waals surface area contributed by atoms with Gasteiger partial charge in [0.05, 0.1) is 23.9 Å². The molecule has 1 unspecified atom stereocenters. The van der Waals surface area contributed by atoms with Crippen LogP contribution in [0.4, 0.5) is 4.39 Å². The number of benzene rings is 1. The summed E-state index contributed by atoms with van der Waals surface area (Å²) in [7, 11) is 0. The third kappa shape index (κ3) is 3.40. The lowest BCUT2D eigenvalue weighted by molar-refractivity contribution is 0.0635. The highest BCUT2D eigenvalue weighted by Crippen LogP contribution is 2.22. The number of likely N-dealkylation sites (tertiary alicyclic amines) is 1. The Labute approximate surface area is 151 Å². The minimum Gasteiger partial charge on any atom is -0.493 e. The van der Waals surface area contributed by atoms with E-state index in [1.807, 2.05) is 29.3 Å². The Bertz CT molecular complexity index is 907. The average Bonchev–Trinajstić information content (AvgIpc) is 3.11. The second kappa shape index (κ2) is 7.15. The number of fused-ring (bicyclic) bond motifs is 1. The van der Waals surface area contributed by atoms with E-state index in [4.69, 9.17) is 4.74 Å². The smallest absolute Gasteiger partial charge is 0.257 e. The first-order chi connectivity index (χ1) is 12.7. The lowest BCUT2D eigenvalue weighted by atomic mass is 9.98. The molecule has 2 aromatic heterocycles. The summed E-state index contributed by atoms with van der Waals surface area (Å²) in [6.45, 7) is 1.92. The van der Waals surface area contributed by atoms with Crippen LogP contribution < -0.4 is 4.74 Å². The highest BCUT2D eigenvalue weighted by Gasteiger charge is 2.26. The fourth-order valence-electron chi connectivity index (χ4n) is 3.40. The second-order valence-electron chi connectivity index (χ2n) is 6.61. The summed E-state index contributed by atoms with van der Waals surface area (Å²) in [5.41, 5.74) is 1.45. The number of hydrogen-bond acceptors (Lipinski definition) is 3. The minimum atomic E-state index is -0.278. The molecule has 1 amide bonds. The van der Waals surface area contributed by atoms with Gasteiger partial charge in [-0.25, -0.2) is 8.91 Å². The minimum absolute atomic E-state index is 0.0117. The topological polar surface area (TPSA) is 46.8 Å². The summed E-state index contributed by atoms with van der Waals surface area (Å²) in [4.78, 5) is 14.8. The molecule has 0 spiro atoms. The van der Waals surface area contributed by atoms with Crippen LogP contribution in [0.3, 0.4) is 0 Å². The molecule has 3 heterocycles. The van der Waals surface area contributed by atoms with Gasteiger partial charge in [0.25, 0.3) is 5.91 Å². The summed E-state index contributed by atoms with van der Waals surface area (Å²) in [6, 6.07) is 11.7. The largest absolute Gasteiger partial charge is 0.493 e. The van der Waals surface area contributed by atoms with Crippen molar-refractivity contribution < 1.29 is 13.9 Å². The molecular weight excluding hydrogens is 333 g/mol. The van der Waals surface area contributed by atoms with Crippen LogP contribution in [0.5, 0.6) is 5.75 Å². The van der Waals surface area contributed by atoms with Gasteiger partial charge in [0.1, 0.15) is 11.6 Å². The number of amides is 1. The van der Waals surface area contributed by atoms with Crippen LogP contribution in [0.1, 0.15) is 23.2 Å². The fourth-order valence-corrected chi connectivity index (χ4v) is 3.40. The Balaban J connectivity index is 1.41. The predicted molar refractivity (Wildman–Crippen MR) is 95.7 cm³/mol. The van der Waals surface area contributed by atoms with Gasteiger partial charge in [0, 0.05) is 25.2 Å². The standard InChI is InChI=1S/C20H20FN3O2/c21-16-6-8-17(9-7-16)26-14-15-4-3-10-23(13-15)20(25)18-12-22-24-11-2-1-5-19(18)24/h1-2,5-9,11-12,15H,3-4,10,13-14H2. The number of aromatic nitrogens is 2. The molecule has 0 bridgehead atoms. The van der Waals surface area contributed by atoms with Crippen LogP contribution in [0.25, 0.3) is 5.52 Å². The first kappa shape index (κ1) is 16.6. The van der Waals surface area contributed by atoms with Crippen LogP contribution in [-0.2, 0) is 0 Å². The van der Waals surface area contributed by atoms with Crippen molar-refractivity contribution >= 4 is 11.4 Å². The third-order valence-electron chi connectivity index (χ3n) is 4.76. The molecule has 0 N–H and O–H groups in total. The van der Waals surface area contributed by atoms with Gasteiger partial charge in [-0.15, -0.1) is 0 Å². The zero-order valence-corrected chi connectivity index (χ0v) is 14.3. The first-order valence-electron chi connectivity index (χ1n) is 8.81. The van der Waals surface area contributed by atoms with E-state index < -0.39 is 0 Å². The van der Waals surface area contributed by atoms with Gasteiger partial charge in [-0.3, -0.25) is 4.79 Å². The molecule has 1 aliphatic rings. The lowest BCUT2D eigenvalue weighted by Gasteiger charge is -2.32. The normalized spacial score (nSPS) is 17.4. The molecule has 4 rings (SSSR count). The summed E-state index contributed by atoms with van der Waals surface area (Å²) >= 11 is 0. The van der Waals surface area contributed by atoms with Gasteiger partial charge in [-0.1, -0.05) is 6.07 Å². The van der Waals surface area contributed by atoms with Crippen LogP contribution >= 0.6 is 0 Å². The summed E-state index contributed by atoms with van der Waals surface area (Å²) < 4.78 is 20.4. The second-order valence-corrected chi connectivity index (χ2v) is 6.61. The molecule has 5 nitrogen and oxygen atoms in total. The Morgan fingerprint density at radius 1 is 1.23 bits per heavy atom. The molecule has 0 aliphatic carbocycles. The summed E-state index contributed by atoms with van der Waals surface area (Å²) in [5.74, 6) is 0.648. The quantitative estimate of drug-likeness (QED) is 0.722. The van der Waals surface area contributed by atoms with E-state index in [0.717, 1.165) is 24.9 Å². The van der Waals surface area contributed by atoms with Gasteiger partial charge in [0.2, 0.25) is 0 Å². The van der Waals surface area contributed by atoms with Crippen molar-refractivity contribution in [1.29, 1.82) is 0 Å². The maximum absolute atomic E-state index is 13.0. The van der Waals surface area contributed by atoms with E-state index in [-0.39, 0.29) is 17.6 Å². The highest BCUT2D eigenvalue weighted by atomic mass is 19.1. The van der Waals surface area contributed by atoms with Gasteiger partial charge >= 0.3 is 0 Å². The first-order valence-corrected chi connectivity index (χ1v) is 8.81. The Hall–Kier alpha value is -2.89. The molecule has 6 heteroatoms. The number of rotatable bonds is 4. The van der Waals surface area contributed by atoms with Crippen LogP contribution in [0, 0.1) is 11.7 Å². The number of hydrogen-bond donors (Lipinski definition) is 0. The Morgan fingerprint density at radius 2 is 2.08 bits per heavy atom. The molecule has 134 valence electrons. The van der Waals surface area contributed by atoms with Crippen molar-refractivity contribution in [3.8, 4) is 5.75 Å². The van der Waals surface area contributed by atoms with Crippen molar-refractivity contribution in [3.05, 3.63) is 66.2 Å². The van der Waals surface area contributed by atoms with E-state index in [2.05, 4.69) is 5.10 Å². The van der Waals surface area contributed by atoms with Crippen molar-refractivity contribution in [3.63, 3.8) is 0 Å². The van der Waals surface area contributed by atoms with Gasteiger partial charge in [0.15, 0.2) is 0 Å². The monoisotopic (exact) mass is 353 g/mol. The van der Waals surface area contributed by atoms with E-state index in [0.29, 0.717) is 24.5 Å². The summed E-state index contributed by atoms with van der Waals surface area (Å²) in [5, 5.41) is 4.25. The number of nitrogens with zero attached hydrogens (tertiary/aromatic N) is 3. The van der Waals surface area contributed by atoms with Crippen molar-refractivity contribution in [1.82, 2.24) is 14.5 Å². The highest BCUT2D eigenvalue weighted by molar-refractivity contribution is 6.00. The Kier molecular flexibility index (Phi) is 4.56. The van der Waals surface area contributed by atoms with Crippen molar-refractivity contribution in [2.45, 2.75) is 12.8 Å². The number of piperidine rings is 1. The van der Waals surface area contributed by atoms with Crippen LogP contribution in [-0.4, -0.2) is 40.1 Å². The Morgan fingerprint density at radius 3 is 2.92 bits per heavy atom. The number of halogens is 1. The maximum Gasteiger partial charge on any atom is 0.257 e. The van der Waals surface area contributed by atoms with E-state index in [9.17, 15) is 9.18 Å². The van der Waals surface area contributed by atoms with Crippen molar-refractivity contribution in [2.24, 2.45) is 5.92 Å². The third-order valence-corrected chi connectivity index (χ3v) is 4.76. The van der Waals surface area contributed by atoms with Gasteiger partial charge in [-0.2, -0.15) is 5.10 Å². The summed E-state index contributed by atoms with van der Waals surface area (Å²) in [6.07, 6.45) is 5.43. The van der Waals surface area contributed by atoms with Gasteiger partial charge < -0.3 is 9.64 Å². The molecule has 0 radical (unpaired) electrons. The number of carbonyl (C=O) groups is 1. The lowest BCUT2D eigenvalue weighted by Crippen LogP contribution is -2.41. The number of carbonyl (C=O) groups excluding carboxylic acids is 1. The molecular formula is C20H20FN3O2. The molecule has 0 saturated carbocycles. The average molecular weight is 353 g/mol. The maximum atomic E-state index is 13.0. The zero-order valence-electron chi connectivity index (χ0n) is 14.3. The fraction of sp³-hybridized carbons (Fsp3) is 0.300. The van der Waals surface area contributed by atoms with E-state index >= 15 is 0 Å². The van der Waals surface area contributed by atoms with E-state index in [1.165, 1.54) is 12.1 Å². The molecule has 1 fully saturated rings. The molecule has 1 aliphatic heterocycles. The molecule has 1 aromatic carbocycles. The SMILES string of the molecule is O=C(c1cnn2ccccc12)N1CCCC(COc2ccc(F)cc2)C1. The van der Waals surface area contributed by atoms with Gasteiger partial charge in [-0.05, 0) is 49.2 Å². The zero-order chi connectivity index (χ0) is 17.9. The predicted octanol–water partition coefficient (Wildman–Crippen LogP) is 3.40. The molecule has 1 atom stereocenters. The molecule has 26 heavy (non-hydrogen) atoms. The number of pyridine rings is 1. The van der Waals surface area contributed by atoms with Crippen LogP contribution in [0.15, 0.2) is 54.9 Å². The molecule has 1 saturated heterocycles. The number of ether oxygens (including phenoxy) is 1. The van der Waals surface area contributed by atoms with Crippen molar-refractivity contribution in [2.75, 3.05) is 19.7 Å². The molecule has 3 aromatic rings.